The van der Waals surface area contributed by atoms with Gasteiger partial charge in [-0.25, -0.2) is 13.6 Å². The second-order valence-corrected chi connectivity index (χ2v) is 7.12. The molecule has 2 N–H and O–H groups in total. The molecule has 1 heterocycles. The molecule has 3 nitrogen and oxygen atoms in total. The van der Waals surface area contributed by atoms with Crippen LogP contribution in [-0.2, 0) is 4.79 Å². The van der Waals surface area contributed by atoms with Crippen molar-refractivity contribution in [2.75, 3.05) is 0 Å². The average Bonchev–Trinajstić information content (AvgIpc) is 3.01. The standard InChI is InChI=1S/C23H15F2NO2/c24-17-6-2-1-5-15(17)13-8-9-23-12-14-4-3-7-18(25)21(14)16(23)11-19(22(27)28)26-20(23)10-13/h1-8,10-12,26H,9H2,(H,27,28). The van der Waals surface area contributed by atoms with Gasteiger partial charge in [0.15, 0.2) is 0 Å². The molecule has 5 rings (SSSR count). The lowest BCUT2D eigenvalue weighted by molar-refractivity contribution is -0.133. The number of fused-ring (bicyclic) bond motifs is 1. The van der Waals surface area contributed by atoms with Crippen LogP contribution in [0.4, 0.5) is 8.78 Å². The van der Waals surface area contributed by atoms with Gasteiger partial charge in [-0.05, 0) is 47.1 Å². The summed E-state index contributed by atoms with van der Waals surface area (Å²) in [6.07, 6.45) is 7.63. The molecular formula is C23H15F2NO2. The molecule has 5 heteroatoms. The fraction of sp³-hybridized carbons (Fsp3) is 0.0870. The van der Waals surface area contributed by atoms with E-state index in [4.69, 9.17) is 0 Å². The molecule has 0 amide bonds. The summed E-state index contributed by atoms with van der Waals surface area (Å²) in [4.78, 5) is 11.7. The summed E-state index contributed by atoms with van der Waals surface area (Å²) in [5.41, 5.74) is 1.63. The number of allylic oxidation sites excluding steroid dienone is 5. The molecule has 0 saturated carbocycles. The van der Waals surface area contributed by atoms with Gasteiger partial charge in [-0.1, -0.05) is 42.5 Å². The molecular weight excluding hydrogens is 360 g/mol. The molecule has 0 aromatic heterocycles. The molecule has 3 aliphatic rings. The minimum absolute atomic E-state index is 0.0313. The van der Waals surface area contributed by atoms with Crippen molar-refractivity contribution in [2.24, 2.45) is 5.41 Å². The third-order valence-electron chi connectivity index (χ3n) is 5.60. The summed E-state index contributed by atoms with van der Waals surface area (Å²) >= 11 is 0. The van der Waals surface area contributed by atoms with Crippen molar-refractivity contribution in [2.45, 2.75) is 6.42 Å². The Morgan fingerprint density at radius 1 is 1.04 bits per heavy atom. The predicted molar refractivity (Wildman–Crippen MR) is 102 cm³/mol. The van der Waals surface area contributed by atoms with Crippen molar-refractivity contribution in [1.29, 1.82) is 0 Å². The van der Waals surface area contributed by atoms with Crippen LogP contribution in [0.5, 0.6) is 0 Å². The van der Waals surface area contributed by atoms with Gasteiger partial charge in [0.2, 0.25) is 0 Å². The van der Waals surface area contributed by atoms with Crippen LogP contribution in [-0.4, -0.2) is 11.1 Å². The van der Waals surface area contributed by atoms with Crippen LogP contribution in [0.3, 0.4) is 0 Å². The van der Waals surface area contributed by atoms with E-state index in [1.165, 1.54) is 18.2 Å². The molecule has 2 aromatic carbocycles. The van der Waals surface area contributed by atoms with E-state index < -0.39 is 11.4 Å². The molecule has 1 atom stereocenters. The fourth-order valence-corrected chi connectivity index (χ4v) is 4.30. The van der Waals surface area contributed by atoms with Crippen molar-refractivity contribution in [1.82, 2.24) is 5.32 Å². The van der Waals surface area contributed by atoms with E-state index in [1.54, 1.807) is 30.3 Å². The molecule has 0 saturated heterocycles. The van der Waals surface area contributed by atoms with Gasteiger partial charge in [-0.2, -0.15) is 0 Å². The Morgan fingerprint density at radius 2 is 1.82 bits per heavy atom. The first-order valence-electron chi connectivity index (χ1n) is 8.91. The second kappa shape index (κ2) is 5.76. The first-order valence-corrected chi connectivity index (χ1v) is 8.91. The molecule has 0 radical (unpaired) electrons. The number of benzene rings is 2. The monoisotopic (exact) mass is 375 g/mol. The van der Waals surface area contributed by atoms with E-state index in [-0.39, 0.29) is 17.3 Å². The van der Waals surface area contributed by atoms with Gasteiger partial charge in [-0.15, -0.1) is 0 Å². The van der Waals surface area contributed by atoms with E-state index in [2.05, 4.69) is 5.32 Å². The van der Waals surface area contributed by atoms with Crippen LogP contribution in [0.15, 0.2) is 72.1 Å². The highest BCUT2D eigenvalue weighted by atomic mass is 19.1. The highest BCUT2D eigenvalue weighted by Gasteiger charge is 2.44. The van der Waals surface area contributed by atoms with Gasteiger partial charge in [-0.3, -0.25) is 0 Å². The number of carboxylic acids is 1. The van der Waals surface area contributed by atoms with Crippen molar-refractivity contribution >= 4 is 23.2 Å². The third-order valence-corrected chi connectivity index (χ3v) is 5.60. The van der Waals surface area contributed by atoms with Gasteiger partial charge < -0.3 is 10.4 Å². The maximum atomic E-state index is 14.6. The Labute approximate surface area is 159 Å². The Morgan fingerprint density at radius 3 is 2.61 bits per heavy atom. The quantitative estimate of drug-likeness (QED) is 0.849. The zero-order chi connectivity index (χ0) is 19.5. The fourth-order valence-electron chi connectivity index (χ4n) is 4.30. The van der Waals surface area contributed by atoms with Crippen molar-refractivity contribution in [3.05, 3.63) is 99.7 Å². The van der Waals surface area contributed by atoms with Crippen LogP contribution in [0, 0.1) is 17.0 Å². The normalized spacial score (nSPS) is 21.9. The summed E-state index contributed by atoms with van der Waals surface area (Å²) in [6.45, 7) is 0. The lowest BCUT2D eigenvalue weighted by atomic mass is 9.70. The van der Waals surface area contributed by atoms with Crippen molar-refractivity contribution in [3.63, 3.8) is 0 Å². The highest BCUT2D eigenvalue weighted by molar-refractivity contribution is 5.95. The van der Waals surface area contributed by atoms with E-state index in [9.17, 15) is 18.7 Å². The number of aliphatic carboxylic acids is 1. The molecule has 138 valence electrons. The van der Waals surface area contributed by atoms with Crippen LogP contribution in [0.2, 0.25) is 0 Å². The number of hydrogen-bond donors (Lipinski definition) is 2. The Hall–Kier alpha value is -3.47. The predicted octanol–water partition coefficient (Wildman–Crippen LogP) is 2.84. The van der Waals surface area contributed by atoms with Gasteiger partial charge in [0, 0.05) is 16.5 Å². The van der Waals surface area contributed by atoms with Crippen molar-refractivity contribution in [3.8, 4) is 0 Å². The molecule has 0 bridgehead atoms. The summed E-state index contributed by atoms with van der Waals surface area (Å²) in [5.74, 6) is -1.86. The van der Waals surface area contributed by atoms with Crippen LogP contribution >= 0.6 is 0 Å². The molecule has 1 spiro atoms. The molecule has 2 aliphatic carbocycles. The number of halogens is 2. The summed E-state index contributed by atoms with van der Waals surface area (Å²) in [6, 6.07) is 11.3. The van der Waals surface area contributed by atoms with Gasteiger partial charge in [0.1, 0.15) is 17.3 Å². The Kier molecular flexibility index (Phi) is 3.43. The first-order chi connectivity index (χ1) is 13.5. The molecule has 1 unspecified atom stereocenters. The minimum atomic E-state index is -1.13. The number of hydrogen-bond acceptors (Lipinski definition) is 2. The molecule has 28 heavy (non-hydrogen) atoms. The second-order valence-electron chi connectivity index (χ2n) is 7.12. The number of carboxylic acid groups (broad SMARTS) is 1. The minimum Gasteiger partial charge on any atom is -0.477 e. The van der Waals surface area contributed by atoms with Crippen LogP contribution in [0.1, 0.15) is 12.0 Å². The maximum Gasteiger partial charge on any atom is 0.352 e. The lowest BCUT2D eigenvalue weighted by Gasteiger charge is -2.39. The van der Waals surface area contributed by atoms with E-state index >= 15 is 0 Å². The van der Waals surface area contributed by atoms with Crippen LogP contribution in [0.25, 0.3) is 17.2 Å². The topological polar surface area (TPSA) is 49.3 Å². The van der Waals surface area contributed by atoms with E-state index in [1.807, 2.05) is 18.2 Å². The van der Waals surface area contributed by atoms with E-state index in [0.29, 0.717) is 34.0 Å². The molecule has 0 fully saturated rings. The summed E-state index contributed by atoms with van der Waals surface area (Å²) < 4.78 is 28.9. The Bertz CT molecular complexity index is 1270. The van der Waals surface area contributed by atoms with Gasteiger partial charge >= 0.3 is 5.97 Å². The van der Waals surface area contributed by atoms with Gasteiger partial charge in [0.25, 0.3) is 0 Å². The highest BCUT2D eigenvalue weighted by Crippen LogP contribution is 2.49. The zero-order valence-corrected chi connectivity index (χ0v) is 14.7. The number of carbonyl (C=O) groups is 1. The number of nitrogens with one attached hydrogen (secondary N) is 1. The Balaban J connectivity index is 1.76. The SMILES string of the molecule is O=C(O)C1=CC2=c3c(F)cccc3=CC23CC=C(c2ccccc2F)C=C3N1. The lowest BCUT2D eigenvalue weighted by Crippen LogP contribution is -2.38. The summed E-state index contributed by atoms with van der Waals surface area (Å²) in [5, 5.41) is 13.7. The largest absolute Gasteiger partial charge is 0.477 e. The smallest absolute Gasteiger partial charge is 0.352 e. The molecule has 2 aromatic rings. The average molecular weight is 375 g/mol. The first kappa shape index (κ1) is 16.7. The zero-order valence-electron chi connectivity index (χ0n) is 14.7. The maximum absolute atomic E-state index is 14.6. The summed E-state index contributed by atoms with van der Waals surface area (Å²) in [7, 11) is 0. The van der Waals surface area contributed by atoms with Gasteiger partial charge in [0.05, 0.1) is 5.41 Å². The number of rotatable bonds is 2. The van der Waals surface area contributed by atoms with Crippen LogP contribution < -0.4 is 15.8 Å². The van der Waals surface area contributed by atoms with E-state index in [0.717, 1.165) is 5.22 Å². The third kappa shape index (κ3) is 2.22. The van der Waals surface area contributed by atoms with Crippen molar-refractivity contribution < 1.29 is 18.7 Å². The molecule has 1 aliphatic heterocycles.